The average molecular weight is 448 g/mol. The molecule has 4 rings (SSSR count). The first-order valence-corrected chi connectivity index (χ1v) is 10.3. The number of pyridine rings is 1. The molecule has 0 aliphatic rings. The van der Waals surface area contributed by atoms with E-state index < -0.39 is 10.8 Å². The van der Waals surface area contributed by atoms with Crippen LogP contribution < -0.4 is 10.7 Å². The number of carbonyl (C=O) groups excluding carboxylic acids is 1. The molecule has 0 aliphatic heterocycles. The van der Waals surface area contributed by atoms with Crippen LogP contribution in [0.15, 0.2) is 77.6 Å². The number of nitro groups is 1. The van der Waals surface area contributed by atoms with Crippen LogP contribution in [0.25, 0.3) is 22.0 Å². The lowest BCUT2D eigenvalue weighted by molar-refractivity contribution is -0.384. The fraction of sp³-hybridized carbons (Fsp3) is 0.0833. The number of para-hydroxylation sites is 1. The maximum Gasteiger partial charge on any atom is 0.270 e. The van der Waals surface area contributed by atoms with E-state index in [1.807, 2.05) is 23.6 Å². The summed E-state index contributed by atoms with van der Waals surface area (Å²) in [6.45, 7) is 2.39. The summed E-state index contributed by atoms with van der Waals surface area (Å²) in [7, 11) is 0. The Morgan fingerprint density at radius 2 is 1.78 bits per heavy atom. The monoisotopic (exact) mass is 447 g/mol. The lowest BCUT2D eigenvalue weighted by Crippen LogP contribution is -2.22. The number of aryl methyl sites for hydroxylation is 1. The van der Waals surface area contributed by atoms with E-state index in [0.29, 0.717) is 39.4 Å². The first-order chi connectivity index (χ1) is 15.4. The number of rotatable bonds is 5. The van der Waals surface area contributed by atoms with E-state index in [2.05, 4.69) is 5.32 Å². The molecule has 0 radical (unpaired) electrons. The van der Waals surface area contributed by atoms with E-state index in [9.17, 15) is 19.7 Å². The molecule has 8 heteroatoms. The molecule has 3 aromatic carbocycles. The van der Waals surface area contributed by atoms with Crippen molar-refractivity contribution in [1.82, 2.24) is 4.57 Å². The number of aromatic nitrogens is 1. The number of hydrogen-bond acceptors (Lipinski definition) is 4. The highest BCUT2D eigenvalue weighted by molar-refractivity contribution is 6.30. The minimum absolute atomic E-state index is 0.115. The smallest absolute Gasteiger partial charge is 0.270 e. The van der Waals surface area contributed by atoms with Crippen molar-refractivity contribution in [2.24, 2.45) is 0 Å². The molecule has 0 aliphatic carbocycles. The molecule has 0 spiro atoms. The van der Waals surface area contributed by atoms with Gasteiger partial charge in [0.1, 0.15) is 5.82 Å². The molecule has 0 unspecified atom stereocenters. The average Bonchev–Trinajstić information content (AvgIpc) is 2.80. The zero-order valence-electron chi connectivity index (χ0n) is 17.0. The molecule has 0 saturated carbocycles. The predicted octanol–water partition coefficient (Wildman–Crippen LogP) is 5.50. The van der Waals surface area contributed by atoms with E-state index in [0.717, 1.165) is 0 Å². The van der Waals surface area contributed by atoms with Crippen molar-refractivity contribution in [3.05, 3.63) is 104 Å². The number of nitrogens with zero attached hydrogens (tertiary/aromatic N) is 2. The van der Waals surface area contributed by atoms with Gasteiger partial charge in [0.05, 0.1) is 16.0 Å². The minimum Gasteiger partial charge on any atom is -0.327 e. The summed E-state index contributed by atoms with van der Waals surface area (Å²) in [5, 5.41) is 15.0. The van der Waals surface area contributed by atoms with Crippen LogP contribution in [0.2, 0.25) is 5.02 Å². The summed E-state index contributed by atoms with van der Waals surface area (Å²) in [6, 6.07) is 19.4. The van der Waals surface area contributed by atoms with Crippen molar-refractivity contribution in [3.63, 3.8) is 0 Å². The highest BCUT2D eigenvalue weighted by Gasteiger charge is 2.21. The third-order valence-electron chi connectivity index (χ3n) is 5.17. The summed E-state index contributed by atoms with van der Waals surface area (Å²) in [4.78, 5) is 37.1. The summed E-state index contributed by atoms with van der Waals surface area (Å²) in [6.07, 6.45) is 0. The van der Waals surface area contributed by atoms with Gasteiger partial charge in [0.2, 0.25) is 0 Å². The lowest BCUT2D eigenvalue weighted by atomic mass is 10.0. The van der Waals surface area contributed by atoms with Crippen molar-refractivity contribution in [3.8, 4) is 11.1 Å². The van der Waals surface area contributed by atoms with Gasteiger partial charge in [0.25, 0.3) is 11.6 Å². The van der Waals surface area contributed by atoms with Crippen LogP contribution in [0.3, 0.4) is 0 Å². The number of benzene rings is 3. The van der Waals surface area contributed by atoms with E-state index in [-0.39, 0.29) is 16.7 Å². The van der Waals surface area contributed by atoms with Gasteiger partial charge < -0.3 is 9.88 Å². The molecular formula is C24H18ClN3O4. The summed E-state index contributed by atoms with van der Waals surface area (Å²) in [5.74, 6) is -0.240. The number of halogens is 1. The number of amides is 1. The van der Waals surface area contributed by atoms with Crippen molar-refractivity contribution in [2.75, 3.05) is 5.32 Å². The van der Waals surface area contributed by atoms with Crippen LogP contribution in [0.1, 0.15) is 17.3 Å². The van der Waals surface area contributed by atoms with Gasteiger partial charge in [-0.3, -0.25) is 19.7 Å². The Morgan fingerprint density at radius 1 is 1.06 bits per heavy atom. The SMILES string of the molecule is CCn1c(NC(=O)c2cccc([N+](=O)[O-])c2)c(-c2ccc(Cl)cc2)c(=O)c2ccccc21. The molecule has 1 N–H and O–H groups in total. The van der Waals surface area contributed by atoms with Crippen LogP contribution in [0.4, 0.5) is 11.5 Å². The van der Waals surface area contributed by atoms with Crippen LogP contribution in [-0.2, 0) is 6.54 Å². The molecule has 0 atom stereocenters. The lowest BCUT2D eigenvalue weighted by Gasteiger charge is -2.20. The number of nitrogens with one attached hydrogen (secondary N) is 1. The molecule has 0 bridgehead atoms. The largest absolute Gasteiger partial charge is 0.327 e. The van der Waals surface area contributed by atoms with Gasteiger partial charge in [-0.1, -0.05) is 41.9 Å². The van der Waals surface area contributed by atoms with E-state index in [1.165, 1.54) is 24.3 Å². The predicted molar refractivity (Wildman–Crippen MR) is 125 cm³/mol. The molecule has 160 valence electrons. The minimum atomic E-state index is -0.562. The molecule has 4 aromatic rings. The molecule has 7 nitrogen and oxygen atoms in total. The summed E-state index contributed by atoms with van der Waals surface area (Å²) in [5.41, 5.74) is 1.28. The van der Waals surface area contributed by atoms with Gasteiger partial charge in [-0.2, -0.15) is 0 Å². The zero-order chi connectivity index (χ0) is 22.8. The molecular weight excluding hydrogens is 430 g/mol. The first kappa shape index (κ1) is 21.3. The van der Waals surface area contributed by atoms with Gasteiger partial charge in [-0.15, -0.1) is 0 Å². The second-order valence-corrected chi connectivity index (χ2v) is 7.52. The van der Waals surface area contributed by atoms with Crippen LogP contribution >= 0.6 is 11.6 Å². The number of fused-ring (bicyclic) bond motifs is 1. The van der Waals surface area contributed by atoms with E-state index in [1.54, 1.807) is 36.4 Å². The van der Waals surface area contributed by atoms with Crippen LogP contribution in [0.5, 0.6) is 0 Å². The van der Waals surface area contributed by atoms with Crippen molar-refractivity contribution in [1.29, 1.82) is 0 Å². The fourth-order valence-corrected chi connectivity index (χ4v) is 3.81. The molecule has 0 saturated heterocycles. The number of hydrogen-bond donors (Lipinski definition) is 1. The topological polar surface area (TPSA) is 94.2 Å². The Hall–Kier alpha value is -3.97. The highest BCUT2D eigenvalue weighted by Crippen LogP contribution is 2.30. The normalized spacial score (nSPS) is 10.8. The maximum atomic E-state index is 13.5. The van der Waals surface area contributed by atoms with Gasteiger partial charge in [0.15, 0.2) is 5.43 Å². The molecule has 1 amide bonds. The maximum absolute atomic E-state index is 13.5. The fourth-order valence-electron chi connectivity index (χ4n) is 3.68. The zero-order valence-corrected chi connectivity index (χ0v) is 17.8. The third-order valence-corrected chi connectivity index (χ3v) is 5.43. The number of non-ortho nitro benzene ring substituents is 1. The second-order valence-electron chi connectivity index (χ2n) is 7.08. The highest BCUT2D eigenvalue weighted by atomic mass is 35.5. The van der Waals surface area contributed by atoms with Gasteiger partial charge >= 0.3 is 0 Å². The number of nitro benzene ring substituents is 1. The Balaban J connectivity index is 1.94. The van der Waals surface area contributed by atoms with Crippen molar-refractivity contribution in [2.45, 2.75) is 13.5 Å². The first-order valence-electron chi connectivity index (χ1n) is 9.88. The Kier molecular flexibility index (Phi) is 5.75. The third kappa shape index (κ3) is 3.86. The van der Waals surface area contributed by atoms with Crippen LogP contribution in [0, 0.1) is 10.1 Å². The van der Waals surface area contributed by atoms with Gasteiger partial charge in [-0.25, -0.2) is 0 Å². The Labute approximate surface area is 188 Å². The number of anilines is 1. The van der Waals surface area contributed by atoms with Gasteiger partial charge in [-0.05, 0) is 42.8 Å². The van der Waals surface area contributed by atoms with Gasteiger partial charge in [0, 0.05) is 34.6 Å². The number of carbonyl (C=O) groups is 1. The quantitative estimate of drug-likeness (QED) is 0.322. The standard InChI is InChI=1S/C24H18ClN3O4/c1-2-27-20-9-4-3-8-19(20)22(29)21(15-10-12-17(25)13-11-15)23(27)26-24(30)16-6-5-7-18(14-16)28(31)32/h3-14H,2H2,1H3,(H,26,30). The van der Waals surface area contributed by atoms with E-state index in [4.69, 9.17) is 11.6 Å². The summed E-state index contributed by atoms with van der Waals surface area (Å²) < 4.78 is 1.84. The Morgan fingerprint density at radius 3 is 2.47 bits per heavy atom. The van der Waals surface area contributed by atoms with Crippen molar-refractivity contribution >= 4 is 39.9 Å². The molecule has 1 aromatic heterocycles. The molecule has 1 heterocycles. The second kappa shape index (κ2) is 8.64. The Bertz CT molecular complexity index is 1410. The van der Waals surface area contributed by atoms with Crippen molar-refractivity contribution < 1.29 is 9.72 Å². The van der Waals surface area contributed by atoms with Crippen LogP contribution in [-0.4, -0.2) is 15.4 Å². The molecule has 0 fully saturated rings. The molecule has 32 heavy (non-hydrogen) atoms. The summed E-state index contributed by atoms with van der Waals surface area (Å²) >= 11 is 6.03. The van der Waals surface area contributed by atoms with E-state index >= 15 is 0 Å².